The molecule has 0 radical (unpaired) electrons. The van der Waals surface area contributed by atoms with Gasteiger partial charge in [0.15, 0.2) is 0 Å². The smallest absolute Gasteiger partial charge is 0.0656 e. The van der Waals surface area contributed by atoms with E-state index in [1.165, 1.54) is 5.56 Å². The number of benzene rings is 1. The van der Waals surface area contributed by atoms with Gasteiger partial charge in [-0.3, -0.25) is 0 Å². The van der Waals surface area contributed by atoms with Gasteiger partial charge in [0.05, 0.1) is 12.1 Å². The molecule has 0 aliphatic carbocycles. The fourth-order valence-corrected chi connectivity index (χ4v) is 1.15. The van der Waals surface area contributed by atoms with Crippen molar-refractivity contribution in [2.24, 2.45) is 0 Å². The highest BCUT2D eigenvalue weighted by Gasteiger charge is 2.14. The fourth-order valence-electron chi connectivity index (χ4n) is 1.15. The van der Waals surface area contributed by atoms with E-state index >= 15 is 0 Å². The minimum absolute atomic E-state index is 0.126. The number of nitrogens with one attached hydrogen (secondary N) is 1. The number of hydrogen-bond donors (Lipinski definition) is 2. The van der Waals surface area contributed by atoms with Crippen LogP contribution in [-0.4, -0.2) is 17.3 Å². The lowest BCUT2D eigenvalue weighted by Crippen LogP contribution is -2.34. The van der Waals surface area contributed by atoms with E-state index in [2.05, 4.69) is 24.4 Å². The van der Waals surface area contributed by atoms with Crippen LogP contribution < -0.4 is 5.32 Å². The van der Waals surface area contributed by atoms with Crippen LogP contribution in [0.3, 0.4) is 0 Å². The Balaban J connectivity index is 2.74. The van der Waals surface area contributed by atoms with E-state index in [0.29, 0.717) is 0 Å². The second-order valence-electron chi connectivity index (χ2n) is 4.04. The monoisotopic (exact) mass is 179 g/mol. The highest BCUT2D eigenvalue weighted by atomic mass is 16.3. The van der Waals surface area contributed by atoms with E-state index in [4.69, 9.17) is 5.11 Å². The number of hydrogen-bond acceptors (Lipinski definition) is 2. The SMILES string of the molecule is Cc1cccc(NC(C)(C)CO)c1. The molecular formula is C11H17NO. The number of aryl methyl sites for hydroxylation is 1. The summed E-state index contributed by atoms with van der Waals surface area (Å²) in [4.78, 5) is 0. The molecule has 0 bridgehead atoms. The average molecular weight is 179 g/mol. The number of aliphatic hydroxyl groups excluding tert-OH is 1. The molecule has 0 atom stereocenters. The van der Waals surface area contributed by atoms with Gasteiger partial charge in [-0.25, -0.2) is 0 Å². The molecule has 0 unspecified atom stereocenters. The molecule has 0 amide bonds. The zero-order valence-corrected chi connectivity index (χ0v) is 8.46. The first kappa shape index (κ1) is 10.1. The van der Waals surface area contributed by atoms with Gasteiger partial charge in [0.25, 0.3) is 0 Å². The molecule has 1 aromatic rings. The number of anilines is 1. The standard InChI is InChI=1S/C11H17NO/c1-9-5-4-6-10(7-9)12-11(2,3)8-13/h4-7,12-13H,8H2,1-3H3. The summed E-state index contributed by atoms with van der Waals surface area (Å²) in [7, 11) is 0. The topological polar surface area (TPSA) is 32.3 Å². The number of rotatable bonds is 3. The maximum Gasteiger partial charge on any atom is 0.0656 e. The molecule has 0 saturated carbocycles. The molecule has 0 aliphatic heterocycles. The van der Waals surface area contributed by atoms with Gasteiger partial charge in [-0.15, -0.1) is 0 Å². The molecule has 0 saturated heterocycles. The second kappa shape index (κ2) is 3.79. The minimum atomic E-state index is -0.256. The first-order chi connectivity index (χ1) is 6.03. The molecule has 72 valence electrons. The summed E-state index contributed by atoms with van der Waals surface area (Å²) in [6, 6.07) is 8.13. The first-order valence-corrected chi connectivity index (χ1v) is 4.49. The Kier molecular flexibility index (Phi) is 2.94. The van der Waals surface area contributed by atoms with E-state index in [9.17, 15) is 0 Å². The van der Waals surface area contributed by atoms with Crippen molar-refractivity contribution in [3.63, 3.8) is 0 Å². The molecule has 1 rings (SSSR count). The van der Waals surface area contributed by atoms with Gasteiger partial charge in [-0.05, 0) is 38.5 Å². The summed E-state index contributed by atoms with van der Waals surface area (Å²) in [5.74, 6) is 0. The van der Waals surface area contributed by atoms with Gasteiger partial charge in [0.2, 0.25) is 0 Å². The van der Waals surface area contributed by atoms with Crippen LogP contribution >= 0.6 is 0 Å². The van der Waals surface area contributed by atoms with Gasteiger partial charge >= 0.3 is 0 Å². The lowest BCUT2D eigenvalue weighted by molar-refractivity contribution is 0.234. The van der Waals surface area contributed by atoms with Gasteiger partial charge < -0.3 is 10.4 Å². The van der Waals surface area contributed by atoms with Crippen molar-refractivity contribution in [3.8, 4) is 0 Å². The van der Waals surface area contributed by atoms with Gasteiger partial charge in [0, 0.05) is 5.69 Å². The van der Waals surface area contributed by atoms with Gasteiger partial charge in [0.1, 0.15) is 0 Å². The third kappa shape index (κ3) is 3.07. The molecule has 2 N–H and O–H groups in total. The summed E-state index contributed by atoms with van der Waals surface area (Å²) in [5, 5.41) is 12.3. The van der Waals surface area contributed by atoms with Crippen molar-refractivity contribution in [2.45, 2.75) is 26.3 Å². The van der Waals surface area contributed by atoms with E-state index in [1.54, 1.807) is 0 Å². The lowest BCUT2D eigenvalue weighted by Gasteiger charge is -2.25. The van der Waals surface area contributed by atoms with Crippen molar-refractivity contribution >= 4 is 5.69 Å². The molecule has 13 heavy (non-hydrogen) atoms. The third-order valence-corrected chi connectivity index (χ3v) is 1.90. The predicted octanol–water partition coefficient (Wildman–Crippen LogP) is 2.18. The molecular weight excluding hydrogens is 162 g/mol. The van der Waals surface area contributed by atoms with Crippen molar-refractivity contribution in [2.75, 3.05) is 11.9 Å². The van der Waals surface area contributed by atoms with Crippen LogP contribution in [0.5, 0.6) is 0 Å². The quantitative estimate of drug-likeness (QED) is 0.745. The summed E-state index contributed by atoms with van der Waals surface area (Å²) in [6.07, 6.45) is 0. The summed E-state index contributed by atoms with van der Waals surface area (Å²) in [5.41, 5.74) is 2.02. The molecule has 2 nitrogen and oxygen atoms in total. The van der Waals surface area contributed by atoms with Crippen LogP contribution in [0, 0.1) is 6.92 Å². The highest BCUT2D eigenvalue weighted by Crippen LogP contribution is 2.15. The Morgan fingerprint density at radius 1 is 1.38 bits per heavy atom. The first-order valence-electron chi connectivity index (χ1n) is 4.49. The Bertz CT molecular complexity index is 281. The fraction of sp³-hybridized carbons (Fsp3) is 0.455. The summed E-state index contributed by atoms with van der Waals surface area (Å²) in [6.45, 7) is 6.11. The maximum atomic E-state index is 9.06. The molecule has 0 aromatic heterocycles. The summed E-state index contributed by atoms with van der Waals surface area (Å²) < 4.78 is 0. The molecule has 0 spiro atoms. The van der Waals surface area contributed by atoms with Gasteiger partial charge in [-0.2, -0.15) is 0 Å². The largest absolute Gasteiger partial charge is 0.394 e. The molecule has 0 aliphatic rings. The van der Waals surface area contributed by atoms with Crippen molar-refractivity contribution in [1.29, 1.82) is 0 Å². The van der Waals surface area contributed by atoms with Crippen molar-refractivity contribution in [3.05, 3.63) is 29.8 Å². The summed E-state index contributed by atoms with van der Waals surface area (Å²) >= 11 is 0. The highest BCUT2D eigenvalue weighted by molar-refractivity contribution is 5.47. The molecule has 0 fully saturated rings. The molecule has 1 aromatic carbocycles. The Hall–Kier alpha value is -1.02. The zero-order chi connectivity index (χ0) is 9.90. The van der Waals surface area contributed by atoms with E-state index in [0.717, 1.165) is 5.69 Å². The maximum absolute atomic E-state index is 9.06. The van der Waals surface area contributed by atoms with Crippen LogP contribution in [-0.2, 0) is 0 Å². The van der Waals surface area contributed by atoms with Crippen molar-refractivity contribution < 1.29 is 5.11 Å². The Labute approximate surface area is 79.6 Å². The zero-order valence-electron chi connectivity index (χ0n) is 8.46. The van der Waals surface area contributed by atoms with E-state index in [-0.39, 0.29) is 12.1 Å². The normalized spacial score (nSPS) is 11.4. The predicted molar refractivity (Wildman–Crippen MR) is 56.0 cm³/mol. The van der Waals surface area contributed by atoms with E-state index < -0.39 is 0 Å². The van der Waals surface area contributed by atoms with Gasteiger partial charge in [-0.1, -0.05) is 12.1 Å². The Morgan fingerprint density at radius 2 is 2.08 bits per heavy atom. The third-order valence-electron chi connectivity index (χ3n) is 1.90. The van der Waals surface area contributed by atoms with Crippen LogP contribution in [0.4, 0.5) is 5.69 Å². The number of aliphatic hydroxyl groups is 1. The Morgan fingerprint density at radius 3 is 2.62 bits per heavy atom. The minimum Gasteiger partial charge on any atom is -0.394 e. The van der Waals surface area contributed by atoms with E-state index in [1.807, 2.05) is 26.0 Å². The van der Waals surface area contributed by atoms with Crippen LogP contribution in [0.15, 0.2) is 24.3 Å². The molecule has 0 heterocycles. The lowest BCUT2D eigenvalue weighted by atomic mass is 10.1. The van der Waals surface area contributed by atoms with Crippen LogP contribution in [0.25, 0.3) is 0 Å². The molecule has 2 heteroatoms. The van der Waals surface area contributed by atoms with Crippen molar-refractivity contribution in [1.82, 2.24) is 0 Å². The van der Waals surface area contributed by atoms with Crippen LogP contribution in [0.1, 0.15) is 19.4 Å². The average Bonchev–Trinajstić information content (AvgIpc) is 2.03. The second-order valence-corrected chi connectivity index (χ2v) is 4.04. The van der Waals surface area contributed by atoms with Crippen LogP contribution in [0.2, 0.25) is 0 Å².